The molecule has 0 aromatic heterocycles. The predicted octanol–water partition coefficient (Wildman–Crippen LogP) is -7.11. The van der Waals surface area contributed by atoms with Crippen LogP contribution < -0.4 is 74.0 Å². The molecule has 0 saturated heterocycles. The van der Waals surface area contributed by atoms with Crippen molar-refractivity contribution >= 4 is 22.3 Å². The number of carbonyl (C=O) groups is 2. The van der Waals surface area contributed by atoms with Gasteiger partial charge < -0.3 is 25.2 Å². The SMILES string of the molecule is O=C([O-])C(O)C(O)C(=O)O.O=S(=O)(O)O.[Cs+]. The maximum Gasteiger partial charge on any atom is 1.00 e. The minimum absolute atomic E-state index is 0. The molecule has 16 heavy (non-hydrogen) atoms. The normalized spacial score (nSPS) is 13.5. The van der Waals surface area contributed by atoms with Gasteiger partial charge in [0.2, 0.25) is 0 Å². The largest absolute Gasteiger partial charge is 1.00 e. The van der Waals surface area contributed by atoms with E-state index in [1.54, 1.807) is 0 Å². The summed E-state index contributed by atoms with van der Waals surface area (Å²) in [7, 11) is -4.67. The van der Waals surface area contributed by atoms with Gasteiger partial charge in [0, 0.05) is 0 Å². The van der Waals surface area contributed by atoms with E-state index >= 15 is 0 Å². The van der Waals surface area contributed by atoms with Crippen molar-refractivity contribution in [2.45, 2.75) is 12.2 Å². The van der Waals surface area contributed by atoms with E-state index in [0.717, 1.165) is 0 Å². The monoisotopic (exact) mass is 380 g/mol. The number of aliphatic hydroxyl groups is 2. The molecule has 0 amide bonds. The summed E-state index contributed by atoms with van der Waals surface area (Å²) in [5, 5.41) is 34.1. The van der Waals surface area contributed by atoms with E-state index in [0.29, 0.717) is 0 Å². The molecule has 0 aromatic rings. The third-order valence-corrected chi connectivity index (χ3v) is 0.794. The van der Waals surface area contributed by atoms with E-state index < -0.39 is 34.5 Å². The van der Waals surface area contributed by atoms with Gasteiger partial charge in [0.15, 0.2) is 6.10 Å². The second-order valence-electron chi connectivity index (χ2n) is 1.99. The second-order valence-corrected chi connectivity index (χ2v) is 2.89. The van der Waals surface area contributed by atoms with Crippen molar-refractivity contribution in [1.29, 1.82) is 0 Å². The Hall–Kier alpha value is 0.782. The Morgan fingerprint density at radius 2 is 1.31 bits per heavy atom. The third-order valence-electron chi connectivity index (χ3n) is 0.794. The van der Waals surface area contributed by atoms with Gasteiger partial charge in [-0.2, -0.15) is 8.42 Å². The van der Waals surface area contributed by atoms with Crippen LogP contribution in [-0.2, 0) is 20.0 Å². The standard InChI is InChI=1S/C4H6O6.Cs.H2O4S/c5-1(3(7)8)2(6)4(9)10;;1-5(2,3)4/h1-2,5-6H,(H,7,8)(H,9,10);;(H2,1,2,3,4)/q;+1;/p-1. The van der Waals surface area contributed by atoms with Crippen molar-refractivity contribution < 1.29 is 116 Å². The van der Waals surface area contributed by atoms with Crippen molar-refractivity contribution in [2.24, 2.45) is 0 Å². The Bertz CT molecular complexity index is 296. The number of hydrogen-bond donors (Lipinski definition) is 5. The summed E-state index contributed by atoms with van der Waals surface area (Å²) in [6.07, 6.45) is -4.71. The average molecular weight is 380 g/mol. The van der Waals surface area contributed by atoms with Crippen LogP contribution >= 0.6 is 0 Å². The van der Waals surface area contributed by atoms with Gasteiger partial charge in [-0.05, 0) is 0 Å². The van der Waals surface area contributed by atoms with E-state index in [1.807, 2.05) is 0 Å². The van der Waals surface area contributed by atoms with Crippen molar-refractivity contribution in [1.82, 2.24) is 0 Å². The van der Waals surface area contributed by atoms with Crippen LogP contribution in [0.2, 0.25) is 0 Å². The first-order chi connectivity index (χ1) is 6.46. The van der Waals surface area contributed by atoms with E-state index in [-0.39, 0.29) is 68.9 Å². The average Bonchev–Trinajstić information content (AvgIpc) is 1.98. The minimum Gasteiger partial charge on any atom is -0.547 e. The van der Waals surface area contributed by atoms with E-state index in [2.05, 4.69) is 0 Å². The number of aliphatic hydroxyl groups excluding tert-OH is 2. The zero-order valence-corrected chi connectivity index (χ0v) is 14.9. The Morgan fingerprint density at radius 1 is 1.06 bits per heavy atom. The molecule has 0 aliphatic carbocycles. The molecule has 0 fully saturated rings. The van der Waals surface area contributed by atoms with Gasteiger partial charge in [-0.15, -0.1) is 0 Å². The Kier molecular flexibility index (Phi) is 13.4. The van der Waals surface area contributed by atoms with Gasteiger partial charge in [0.05, 0.1) is 5.97 Å². The number of rotatable bonds is 3. The van der Waals surface area contributed by atoms with Crippen LogP contribution in [0, 0.1) is 0 Å². The number of carboxylic acid groups (broad SMARTS) is 2. The maximum absolute atomic E-state index is 9.74. The quantitative estimate of drug-likeness (QED) is 0.294. The maximum atomic E-state index is 9.74. The van der Waals surface area contributed by atoms with Gasteiger partial charge in [-0.25, -0.2) is 4.79 Å². The molecular formula is C4H7CsO10S. The summed E-state index contributed by atoms with van der Waals surface area (Å²) in [4.78, 5) is 19.4. The summed E-state index contributed by atoms with van der Waals surface area (Å²) in [6, 6.07) is 0. The molecule has 0 saturated carbocycles. The molecule has 2 atom stereocenters. The van der Waals surface area contributed by atoms with Crippen LogP contribution in [0.25, 0.3) is 0 Å². The summed E-state index contributed by atoms with van der Waals surface area (Å²) < 4.78 is 31.6. The molecule has 2 unspecified atom stereocenters. The molecular weight excluding hydrogens is 373 g/mol. The molecule has 0 aromatic carbocycles. The summed E-state index contributed by atoms with van der Waals surface area (Å²) in [5.74, 6) is -3.83. The molecule has 10 nitrogen and oxygen atoms in total. The molecule has 5 N–H and O–H groups in total. The van der Waals surface area contributed by atoms with Crippen molar-refractivity contribution in [3.63, 3.8) is 0 Å². The number of carbonyl (C=O) groups excluding carboxylic acids is 1. The summed E-state index contributed by atoms with van der Waals surface area (Å²) in [5.41, 5.74) is 0. The topological polar surface area (TPSA) is 192 Å². The molecule has 0 spiro atoms. The minimum atomic E-state index is -4.67. The first kappa shape index (κ1) is 22.0. The van der Waals surface area contributed by atoms with Crippen molar-refractivity contribution in [3.8, 4) is 0 Å². The fourth-order valence-electron chi connectivity index (χ4n) is 0.264. The molecule has 0 bridgehead atoms. The molecule has 0 radical (unpaired) electrons. The van der Waals surface area contributed by atoms with Gasteiger partial charge in [0.1, 0.15) is 6.10 Å². The number of aliphatic carboxylic acids is 2. The van der Waals surface area contributed by atoms with Crippen molar-refractivity contribution in [2.75, 3.05) is 0 Å². The second kappa shape index (κ2) is 9.78. The summed E-state index contributed by atoms with van der Waals surface area (Å²) in [6.45, 7) is 0. The Labute approximate surface area is 148 Å². The third kappa shape index (κ3) is 17.2. The van der Waals surface area contributed by atoms with Gasteiger partial charge in [-0.1, -0.05) is 0 Å². The Morgan fingerprint density at radius 3 is 1.38 bits per heavy atom. The molecule has 0 heterocycles. The van der Waals surface area contributed by atoms with Crippen molar-refractivity contribution in [3.05, 3.63) is 0 Å². The van der Waals surface area contributed by atoms with E-state index in [4.69, 9.17) is 32.8 Å². The molecule has 0 rings (SSSR count). The van der Waals surface area contributed by atoms with Crippen LogP contribution in [0.15, 0.2) is 0 Å². The zero-order valence-electron chi connectivity index (χ0n) is 7.84. The zero-order chi connectivity index (χ0) is 12.8. The number of hydrogen-bond acceptors (Lipinski definition) is 7. The first-order valence-corrected chi connectivity index (χ1v) is 4.36. The van der Waals surface area contributed by atoms with Gasteiger partial charge >= 0.3 is 85.3 Å². The van der Waals surface area contributed by atoms with E-state index in [9.17, 15) is 14.7 Å². The molecule has 0 aliphatic heterocycles. The Balaban J connectivity index is -0.000000242. The molecule has 0 aliphatic rings. The van der Waals surface area contributed by atoms with E-state index in [1.165, 1.54) is 0 Å². The summed E-state index contributed by atoms with van der Waals surface area (Å²) >= 11 is 0. The smallest absolute Gasteiger partial charge is 0.547 e. The van der Waals surface area contributed by atoms with Gasteiger partial charge in [0.25, 0.3) is 0 Å². The molecule has 90 valence electrons. The number of carboxylic acids is 2. The van der Waals surface area contributed by atoms with Crippen LogP contribution in [0.4, 0.5) is 0 Å². The first-order valence-electron chi connectivity index (χ1n) is 2.96. The predicted molar refractivity (Wildman–Crippen MR) is 38.8 cm³/mol. The van der Waals surface area contributed by atoms with Gasteiger partial charge in [-0.3, -0.25) is 9.11 Å². The van der Waals surface area contributed by atoms with Crippen LogP contribution in [-0.4, -0.2) is 57.0 Å². The van der Waals surface area contributed by atoms with Crippen LogP contribution in [0.5, 0.6) is 0 Å². The van der Waals surface area contributed by atoms with Crippen LogP contribution in [0.1, 0.15) is 0 Å². The fourth-order valence-corrected chi connectivity index (χ4v) is 0.264. The van der Waals surface area contributed by atoms with Crippen LogP contribution in [0.3, 0.4) is 0 Å². The fraction of sp³-hybridized carbons (Fsp3) is 0.500. The molecule has 12 heteroatoms.